The number of hydrogen-bond acceptors (Lipinski definition) is 4. The van der Waals surface area contributed by atoms with E-state index in [9.17, 15) is 5.11 Å². The van der Waals surface area contributed by atoms with Crippen LogP contribution in [-0.2, 0) is 11.3 Å². The van der Waals surface area contributed by atoms with Gasteiger partial charge in [-0.1, -0.05) is 19.9 Å². The van der Waals surface area contributed by atoms with Gasteiger partial charge in [-0.15, -0.1) is 0 Å². The Morgan fingerprint density at radius 3 is 2.90 bits per heavy atom. The molecule has 2 N–H and O–H groups in total. The number of hydrogen-bond donors (Lipinski definition) is 2. The van der Waals surface area contributed by atoms with E-state index < -0.39 is 6.10 Å². The predicted octanol–water partition coefficient (Wildman–Crippen LogP) is 2.29. The first-order valence-corrected chi connectivity index (χ1v) is 7.46. The fraction of sp³-hybridized carbons (Fsp3) is 0.688. The fourth-order valence-corrected chi connectivity index (χ4v) is 1.93. The van der Waals surface area contributed by atoms with Crippen LogP contribution in [0.1, 0.15) is 37.9 Å². The molecule has 0 radical (unpaired) electrons. The van der Waals surface area contributed by atoms with E-state index in [1.54, 1.807) is 6.20 Å². The summed E-state index contributed by atoms with van der Waals surface area (Å²) < 4.78 is 5.47. The molecule has 1 atom stereocenters. The van der Waals surface area contributed by atoms with Gasteiger partial charge in [-0.2, -0.15) is 0 Å². The van der Waals surface area contributed by atoms with Gasteiger partial charge in [0.25, 0.3) is 0 Å². The molecule has 0 spiro atoms. The number of ether oxygens (including phenoxy) is 1. The van der Waals surface area contributed by atoms with E-state index in [0.29, 0.717) is 25.6 Å². The average Bonchev–Trinajstić information content (AvgIpc) is 2.40. The molecular weight excluding hydrogens is 252 g/mol. The summed E-state index contributed by atoms with van der Waals surface area (Å²) in [5, 5.41) is 13.0. The van der Waals surface area contributed by atoms with Gasteiger partial charge < -0.3 is 15.2 Å². The van der Waals surface area contributed by atoms with E-state index in [0.717, 1.165) is 18.7 Å². The van der Waals surface area contributed by atoms with Gasteiger partial charge >= 0.3 is 0 Å². The number of nitrogens with zero attached hydrogens (tertiary/aromatic N) is 1. The molecular formula is C16H28N2O2. The molecule has 1 aromatic heterocycles. The normalized spacial score (nSPS) is 12.8. The summed E-state index contributed by atoms with van der Waals surface area (Å²) in [6.45, 7) is 8.78. The summed E-state index contributed by atoms with van der Waals surface area (Å²) in [5.41, 5.74) is 2.19. The second-order valence-electron chi connectivity index (χ2n) is 5.66. The highest BCUT2D eigenvalue weighted by Gasteiger charge is 2.05. The minimum absolute atomic E-state index is 0.395. The number of aliphatic hydroxyl groups excluding tert-OH is 1. The summed E-state index contributed by atoms with van der Waals surface area (Å²) >= 11 is 0. The van der Waals surface area contributed by atoms with Crippen LogP contribution >= 0.6 is 0 Å². The molecule has 0 aliphatic heterocycles. The number of nitrogens with one attached hydrogen (secondary N) is 1. The second kappa shape index (κ2) is 9.86. The highest BCUT2D eigenvalue weighted by Crippen LogP contribution is 2.04. The van der Waals surface area contributed by atoms with Gasteiger partial charge in [0.15, 0.2) is 0 Å². The Labute approximate surface area is 122 Å². The molecule has 0 aromatic carbocycles. The fourth-order valence-electron chi connectivity index (χ4n) is 1.93. The van der Waals surface area contributed by atoms with Crippen LogP contribution in [0.4, 0.5) is 0 Å². The molecule has 0 saturated carbocycles. The zero-order valence-corrected chi connectivity index (χ0v) is 12.9. The highest BCUT2D eigenvalue weighted by molar-refractivity contribution is 5.17. The molecule has 0 saturated heterocycles. The number of pyridine rings is 1. The van der Waals surface area contributed by atoms with Gasteiger partial charge in [0.05, 0.1) is 18.4 Å². The number of aromatic nitrogens is 1. The topological polar surface area (TPSA) is 54.4 Å². The Morgan fingerprint density at radius 1 is 1.40 bits per heavy atom. The van der Waals surface area contributed by atoms with Crippen LogP contribution in [0, 0.1) is 12.8 Å². The Hall–Kier alpha value is -0.970. The Bertz CT molecular complexity index is 369. The van der Waals surface area contributed by atoms with Crippen LogP contribution in [0.3, 0.4) is 0 Å². The second-order valence-corrected chi connectivity index (χ2v) is 5.66. The summed E-state index contributed by atoms with van der Waals surface area (Å²) in [6.07, 6.45) is 3.56. The maximum atomic E-state index is 9.80. The molecule has 0 aliphatic rings. The lowest BCUT2D eigenvalue weighted by molar-refractivity contribution is 0.0346. The first-order chi connectivity index (χ1) is 9.59. The van der Waals surface area contributed by atoms with E-state index in [2.05, 4.69) is 24.1 Å². The molecule has 4 heteroatoms. The van der Waals surface area contributed by atoms with Crippen molar-refractivity contribution in [2.75, 3.05) is 19.8 Å². The molecule has 1 aromatic rings. The van der Waals surface area contributed by atoms with E-state index >= 15 is 0 Å². The molecule has 0 fully saturated rings. The Kier molecular flexibility index (Phi) is 8.42. The van der Waals surface area contributed by atoms with Gasteiger partial charge in [0, 0.05) is 25.9 Å². The molecule has 1 rings (SSSR count). The number of aryl methyl sites for hydroxylation is 1. The molecule has 1 heterocycles. The standard InChI is InChI=1S/C16H28N2O2/c1-13(2)6-5-9-20-12-15(19)10-17-11-16-14(3)7-4-8-18-16/h4,7-8,13,15,17,19H,5-6,9-12H2,1-3H3. The van der Waals surface area contributed by atoms with Crippen molar-refractivity contribution in [3.8, 4) is 0 Å². The molecule has 0 bridgehead atoms. The quantitative estimate of drug-likeness (QED) is 0.646. The molecule has 1 unspecified atom stereocenters. The van der Waals surface area contributed by atoms with Gasteiger partial charge in [-0.25, -0.2) is 0 Å². The molecule has 0 aliphatic carbocycles. The van der Waals surface area contributed by atoms with Crippen molar-refractivity contribution < 1.29 is 9.84 Å². The third kappa shape index (κ3) is 7.58. The minimum Gasteiger partial charge on any atom is -0.389 e. The SMILES string of the molecule is Cc1cccnc1CNCC(O)COCCCC(C)C. The largest absolute Gasteiger partial charge is 0.389 e. The lowest BCUT2D eigenvalue weighted by Gasteiger charge is -2.13. The van der Waals surface area contributed by atoms with E-state index in [-0.39, 0.29) is 0 Å². The van der Waals surface area contributed by atoms with Crippen molar-refractivity contribution in [1.29, 1.82) is 0 Å². The summed E-state index contributed by atoms with van der Waals surface area (Å²) in [5.74, 6) is 0.715. The minimum atomic E-state index is -0.460. The van der Waals surface area contributed by atoms with Crippen LogP contribution in [0.5, 0.6) is 0 Å². The van der Waals surface area contributed by atoms with Crippen LogP contribution in [-0.4, -0.2) is 36.0 Å². The third-order valence-corrected chi connectivity index (χ3v) is 3.17. The van der Waals surface area contributed by atoms with E-state index in [1.165, 1.54) is 12.0 Å². The molecule has 20 heavy (non-hydrogen) atoms. The first-order valence-electron chi connectivity index (χ1n) is 7.46. The van der Waals surface area contributed by atoms with Crippen molar-refractivity contribution in [2.45, 2.75) is 46.3 Å². The summed E-state index contributed by atoms with van der Waals surface area (Å²) in [4.78, 5) is 4.30. The third-order valence-electron chi connectivity index (χ3n) is 3.17. The van der Waals surface area contributed by atoms with Crippen molar-refractivity contribution in [2.24, 2.45) is 5.92 Å². The highest BCUT2D eigenvalue weighted by atomic mass is 16.5. The predicted molar refractivity (Wildman–Crippen MR) is 81.6 cm³/mol. The van der Waals surface area contributed by atoms with E-state index in [4.69, 9.17) is 4.74 Å². The number of aliphatic hydroxyl groups is 1. The molecule has 114 valence electrons. The average molecular weight is 280 g/mol. The smallest absolute Gasteiger partial charge is 0.0897 e. The van der Waals surface area contributed by atoms with Gasteiger partial charge in [0.2, 0.25) is 0 Å². The van der Waals surface area contributed by atoms with E-state index in [1.807, 2.05) is 19.1 Å². The van der Waals surface area contributed by atoms with Crippen LogP contribution in [0.15, 0.2) is 18.3 Å². The summed E-state index contributed by atoms with van der Waals surface area (Å²) in [6, 6.07) is 3.97. The number of rotatable bonds is 10. The van der Waals surface area contributed by atoms with Crippen LogP contribution < -0.4 is 5.32 Å². The van der Waals surface area contributed by atoms with Gasteiger partial charge in [-0.3, -0.25) is 4.98 Å². The zero-order chi connectivity index (χ0) is 14.8. The summed E-state index contributed by atoms with van der Waals surface area (Å²) in [7, 11) is 0. The lowest BCUT2D eigenvalue weighted by Crippen LogP contribution is -2.30. The van der Waals surface area contributed by atoms with Crippen molar-refractivity contribution in [1.82, 2.24) is 10.3 Å². The van der Waals surface area contributed by atoms with Crippen LogP contribution in [0.25, 0.3) is 0 Å². The lowest BCUT2D eigenvalue weighted by atomic mass is 10.1. The van der Waals surface area contributed by atoms with Gasteiger partial charge in [0.1, 0.15) is 0 Å². The van der Waals surface area contributed by atoms with Crippen molar-refractivity contribution in [3.63, 3.8) is 0 Å². The Balaban J connectivity index is 2.05. The maximum Gasteiger partial charge on any atom is 0.0897 e. The molecule has 0 amide bonds. The van der Waals surface area contributed by atoms with Crippen molar-refractivity contribution >= 4 is 0 Å². The molecule has 4 nitrogen and oxygen atoms in total. The van der Waals surface area contributed by atoms with Gasteiger partial charge in [-0.05, 0) is 37.3 Å². The van der Waals surface area contributed by atoms with Crippen LogP contribution in [0.2, 0.25) is 0 Å². The Morgan fingerprint density at radius 2 is 2.20 bits per heavy atom. The maximum absolute atomic E-state index is 9.80. The first kappa shape index (κ1) is 17.1. The zero-order valence-electron chi connectivity index (χ0n) is 12.9. The monoisotopic (exact) mass is 280 g/mol. The van der Waals surface area contributed by atoms with Crippen molar-refractivity contribution in [3.05, 3.63) is 29.6 Å².